The van der Waals surface area contributed by atoms with Gasteiger partial charge in [-0.3, -0.25) is 10.2 Å². The number of carbonyl (C=O) groups is 1. The summed E-state index contributed by atoms with van der Waals surface area (Å²) in [5.41, 5.74) is 4.89. The van der Waals surface area contributed by atoms with Gasteiger partial charge in [-0.1, -0.05) is 90.5 Å². The molecule has 1 N–H and O–H groups in total. The van der Waals surface area contributed by atoms with Crippen LogP contribution >= 0.6 is 0 Å². The van der Waals surface area contributed by atoms with E-state index in [1.807, 2.05) is 17.0 Å². The summed E-state index contributed by atoms with van der Waals surface area (Å²) in [6.07, 6.45) is 1.41. The molecule has 0 aliphatic carbocycles. The topological polar surface area (TPSA) is 47.4 Å². The Kier molecular flexibility index (Phi) is 7.46. The minimum Gasteiger partial charge on any atom is -0.346 e. The van der Waals surface area contributed by atoms with E-state index < -0.39 is 0 Å². The SMILES string of the molecule is Cc1ccc(CCC(=N)N2CC(=O)N(C(C)C)C[C@@H]2C(c2ccccc2)c2ccccc2)cc1. The molecule has 1 aliphatic heterocycles. The Morgan fingerprint density at radius 1 is 0.912 bits per heavy atom. The third-order valence-corrected chi connectivity index (χ3v) is 6.85. The standard InChI is InChI=1S/C30H35N3O/c1-22(2)32-20-27(30(25-10-6-4-7-11-25)26-12-8-5-9-13-26)33(21-29(32)34)28(31)19-18-24-16-14-23(3)15-17-24/h4-17,22,27,30-31H,18-21H2,1-3H3/t27-/m1/s1. The van der Waals surface area contributed by atoms with Crippen molar-refractivity contribution in [2.75, 3.05) is 13.1 Å². The zero-order valence-corrected chi connectivity index (χ0v) is 20.4. The van der Waals surface area contributed by atoms with E-state index in [0.29, 0.717) is 18.8 Å². The van der Waals surface area contributed by atoms with E-state index in [4.69, 9.17) is 5.41 Å². The Bertz CT molecular complexity index is 1050. The van der Waals surface area contributed by atoms with Gasteiger partial charge in [0.05, 0.1) is 18.4 Å². The Morgan fingerprint density at radius 3 is 2.00 bits per heavy atom. The molecule has 1 atom stereocenters. The number of amides is 1. The average Bonchev–Trinajstić information content (AvgIpc) is 2.85. The fourth-order valence-corrected chi connectivity index (χ4v) is 4.95. The Morgan fingerprint density at radius 2 is 1.47 bits per heavy atom. The van der Waals surface area contributed by atoms with Gasteiger partial charge in [-0.15, -0.1) is 0 Å². The number of hydrogen-bond acceptors (Lipinski definition) is 2. The number of carbonyl (C=O) groups excluding carboxylic acids is 1. The van der Waals surface area contributed by atoms with Crippen LogP contribution in [-0.2, 0) is 11.2 Å². The van der Waals surface area contributed by atoms with Crippen LogP contribution in [0.2, 0.25) is 0 Å². The number of piperazine rings is 1. The van der Waals surface area contributed by atoms with Crippen molar-refractivity contribution in [3.8, 4) is 0 Å². The van der Waals surface area contributed by atoms with Gasteiger partial charge in [0, 0.05) is 24.9 Å². The monoisotopic (exact) mass is 453 g/mol. The van der Waals surface area contributed by atoms with Crippen molar-refractivity contribution in [1.82, 2.24) is 9.80 Å². The molecule has 1 amide bonds. The number of rotatable bonds is 7. The number of nitrogens with one attached hydrogen (secondary N) is 1. The molecule has 1 saturated heterocycles. The Labute approximate surface area is 203 Å². The maximum Gasteiger partial charge on any atom is 0.242 e. The van der Waals surface area contributed by atoms with Gasteiger partial charge < -0.3 is 9.80 Å². The molecule has 0 radical (unpaired) electrons. The minimum atomic E-state index is -0.00424. The van der Waals surface area contributed by atoms with Crippen LogP contribution in [0.1, 0.15) is 48.4 Å². The summed E-state index contributed by atoms with van der Waals surface area (Å²) >= 11 is 0. The fraction of sp³-hybridized carbons (Fsp3) is 0.333. The molecule has 3 aromatic rings. The predicted molar refractivity (Wildman–Crippen MR) is 139 cm³/mol. The quantitative estimate of drug-likeness (QED) is 0.371. The second-order valence-electron chi connectivity index (χ2n) is 9.57. The molecule has 1 fully saturated rings. The molecular weight excluding hydrogens is 418 g/mol. The molecule has 0 bridgehead atoms. The van der Waals surface area contributed by atoms with E-state index in [-0.39, 0.29) is 30.5 Å². The van der Waals surface area contributed by atoms with Crippen LogP contribution in [0, 0.1) is 12.3 Å². The van der Waals surface area contributed by atoms with Crippen LogP contribution in [0.5, 0.6) is 0 Å². The minimum absolute atomic E-state index is 0.00424. The molecule has 3 aromatic carbocycles. The third-order valence-electron chi connectivity index (χ3n) is 6.85. The van der Waals surface area contributed by atoms with E-state index >= 15 is 0 Å². The molecule has 0 unspecified atom stereocenters. The fourth-order valence-electron chi connectivity index (χ4n) is 4.95. The maximum atomic E-state index is 13.1. The molecule has 4 heteroatoms. The molecule has 1 aliphatic rings. The molecule has 0 saturated carbocycles. The second-order valence-corrected chi connectivity index (χ2v) is 9.57. The van der Waals surface area contributed by atoms with Gasteiger partial charge >= 0.3 is 0 Å². The van der Waals surface area contributed by atoms with Crippen molar-refractivity contribution in [1.29, 1.82) is 5.41 Å². The van der Waals surface area contributed by atoms with Crippen molar-refractivity contribution < 1.29 is 4.79 Å². The predicted octanol–water partition coefficient (Wildman–Crippen LogP) is 5.66. The summed E-state index contributed by atoms with van der Waals surface area (Å²) in [5, 5.41) is 9.04. The smallest absolute Gasteiger partial charge is 0.242 e. The number of aryl methyl sites for hydroxylation is 2. The lowest BCUT2D eigenvalue weighted by Crippen LogP contribution is -2.61. The first kappa shape index (κ1) is 23.7. The highest BCUT2D eigenvalue weighted by Gasteiger charge is 2.39. The van der Waals surface area contributed by atoms with Crippen LogP contribution in [0.15, 0.2) is 84.9 Å². The summed E-state index contributed by atoms with van der Waals surface area (Å²) < 4.78 is 0. The number of benzene rings is 3. The largest absolute Gasteiger partial charge is 0.346 e. The zero-order valence-electron chi connectivity index (χ0n) is 20.4. The van der Waals surface area contributed by atoms with Crippen molar-refractivity contribution in [2.24, 2.45) is 0 Å². The summed E-state index contributed by atoms with van der Waals surface area (Å²) in [6.45, 7) is 7.11. The van der Waals surface area contributed by atoms with Crippen molar-refractivity contribution >= 4 is 11.7 Å². The van der Waals surface area contributed by atoms with Gasteiger partial charge in [0.25, 0.3) is 0 Å². The normalized spacial score (nSPS) is 16.4. The molecule has 4 rings (SSSR count). The number of hydrogen-bond donors (Lipinski definition) is 1. The Hall–Kier alpha value is -3.40. The van der Waals surface area contributed by atoms with Gasteiger partial charge in [0.1, 0.15) is 0 Å². The van der Waals surface area contributed by atoms with Gasteiger partial charge in [0.15, 0.2) is 0 Å². The number of nitrogens with zero attached hydrogens (tertiary/aromatic N) is 2. The molecule has 0 spiro atoms. The van der Waals surface area contributed by atoms with Gasteiger partial charge in [0.2, 0.25) is 5.91 Å². The lowest BCUT2D eigenvalue weighted by molar-refractivity contribution is -0.138. The summed E-state index contributed by atoms with van der Waals surface area (Å²) in [6, 6.07) is 29.7. The summed E-state index contributed by atoms with van der Waals surface area (Å²) in [4.78, 5) is 17.1. The maximum absolute atomic E-state index is 13.1. The van der Waals surface area contributed by atoms with E-state index in [1.54, 1.807) is 0 Å². The van der Waals surface area contributed by atoms with E-state index in [0.717, 1.165) is 6.42 Å². The first-order valence-corrected chi connectivity index (χ1v) is 12.2. The Balaban J connectivity index is 1.67. The number of amidine groups is 1. The van der Waals surface area contributed by atoms with Gasteiger partial charge in [-0.2, -0.15) is 0 Å². The molecule has 0 aromatic heterocycles. The molecular formula is C30H35N3O. The van der Waals surface area contributed by atoms with E-state index in [2.05, 4.69) is 98.5 Å². The van der Waals surface area contributed by atoms with E-state index in [9.17, 15) is 4.79 Å². The van der Waals surface area contributed by atoms with Gasteiger partial charge in [-0.05, 0) is 43.9 Å². The molecule has 4 nitrogen and oxygen atoms in total. The van der Waals surface area contributed by atoms with Crippen LogP contribution < -0.4 is 0 Å². The lowest BCUT2D eigenvalue weighted by atomic mass is 9.82. The van der Waals surface area contributed by atoms with Crippen molar-refractivity contribution in [3.05, 3.63) is 107 Å². The molecule has 34 heavy (non-hydrogen) atoms. The average molecular weight is 454 g/mol. The van der Waals surface area contributed by atoms with Crippen LogP contribution in [0.4, 0.5) is 0 Å². The summed E-state index contributed by atoms with van der Waals surface area (Å²) in [5.74, 6) is 0.710. The van der Waals surface area contributed by atoms with E-state index in [1.165, 1.54) is 22.3 Å². The first-order valence-electron chi connectivity index (χ1n) is 12.2. The van der Waals surface area contributed by atoms with Gasteiger partial charge in [-0.25, -0.2) is 0 Å². The third kappa shape index (κ3) is 5.39. The van der Waals surface area contributed by atoms with Crippen molar-refractivity contribution in [3.63, 3.8) is 0 Å². The van der Waals surface area contributed by atoms with Crippen LogP contribution in [-0.4, -0.2) is 46.7 Å². The highest BCUT2D eigenvalue weighted by molar-refractivity contribution is 5.88. The zero-order chi connectivity index (χ0) is 24.1. The highest BCUT2D eigenvalue weighted by Crippen LogP contribution is 2.34. The van der Waals surface area contributed by atoms with Crippen LogP contribution in [0.3, 0.4) is 0 Å². The summed E-state index contributed by atoms with van der Waals surface area (Å²) in [7, 11) is 0. The second kappa shape index (κ2) is 10.7. The van der Waals surface area contributed by atoms with Crippen LogP contribution in [0.25, 0.3) is 0 Å². The molecule has 1 heterocycles. The molecule has 176 valence electrons. The first-order chi connectivity index (χ1) is 16.4. The van der Waals surface area contributed by atoms with Crippen molar-refractivity contribution in [2.45, 2.75) is 51.6 Å². The lowest BCUT2D eigenvalue weighted by Gasteiger charge is -2.47. The highest BCUT2D eigenvalue weighted by atomic mass is 16.2.